The zero-order valence-electron chi connectivity index (χ0n) is 19.2. The minimum absolute atomic E-state index is 0.159. The maximum absolute atomic E-state index is 13.8. The van der Waals surface area contributed by atoms with Crippen molar-refractivity contribution in [1.29, 1.82) is 0 Å². The number of benzene rings is 2. The van der Waals surface area contributed by atoms with Crippen molar-refractivity contribution >= 4 is 16.8 Å². The zero-order valence-corrected chi connectivity index (χ0v) is 19.2. The summed E-state index contributed by atoms with van der Waals surface area (Å²) in [5, 5.41) is 0.633. The van der Waals surface area contributed by atoms with Crippen LogP contribution in [0.25, 0.3) is 22.2 Å². The molecule has 2 heterocycles. The van der Waals surface area contributed by atoms with Crippen molar-refractivity contribution in [1.82, 2.24) is 19.9 Å². The van der Waals surface area contributed by atoms with E-state index >= 15 is 0 Å². The number of amides is 1. The summed E-state index contributed by atoms with van der Waals surface area (Å²) in [5.41, 5.74) is 5.40. The van der Waals surface area contributed by atoms with Crippen LogP contribution in [0.15, 0.2) is 48.9 Å². The molecule has 1 amide bonds. The largest absolute Gasteiger partial charge is 0.361 e. The standard InChI is InChI=1S/C27H26F2N4O/c1-16-4-3-5-20(17(16)2)25-26(31-10-9-30-25)27(34)33(15-18-6-7-18)11-8-19-14-32-24-13-23(29)22(28)12-21(19)24/h3-5,9-10,12-14,18,32H,6-8,11,15H2,1-2H3. The monoisotopic (exact) mass is 460 g/mol. The SMILES string of the molecule is Cc1cccc(-c2nccnc2C(=O)N(CCc2c[nH]c3cc(F)c(F)cc23)CC2CC2)c1C. The molecule has 0 atom stereocenters. The molecule has 7 heteroatoms. The van der Waals surface area contributed by atoms with Crippen molar-refractivity contribution in [2.75, 3.05) is 13.1 Å². The second-order valence-corrected chi connectivity index (χ2v) is 9.07. The average Bonchev–Trinajstić information content (AvgIpc) is 3.58. The van der Waals surface area contributed by atoms with Crippen LogP contribution in [0.5, 0.6) is 0 Å². The molecule has 5 nitrogen and oxygen atoms in total. The molecule has 1 N–H and O–H groups in total. The molecule has 0 unspecified atom stereocenters. The topological polar surface area (TPSA) is 61.9 Å². The van der Waals surface area contributed by atoms with Gasteiger partial charge in [-0.3, -0.25) is 9.78 Å². The van der Waals surface area contributed by atoms with E-state index in [1.807, 2.05) is 36.9 Å². The summed E-state index contributed by atoms with van der Waals surface area (Å²) in [7, 11) is 0. The van der Waals surface area contributed by atoms with Gasteiger partial charge < -0.3 is 9.88 Å². The quantitative estimate of drug-likeness (QED) is 0.390. The molecule has 0 saturated heterocycles. The maximum Gasteiger partial charge on any atom is 0.274 e. The van der Waals surface area contributed by atoms with Crippen LogP contribution in [0.1, 0.15) is 40.0 Å². The summed E-state index contributed by atoms with van der Waals surface area (Å²) in [6.07, 6.45) is 7.64. The van der Waals surface area contributed by atoms with Crippen LogP contribution < -0.4 is 0 Å². The predicted octanol–water partition coefficient (Wildman–Crippen LogP) is 5.61. The van der Waals surface area contributed by atoms with Crippen molar-refractivity contribution in [2.24, 2.45) is 5.92 Å². The maximum atomic E-state index is 13.8. The second kappa shape index (κ2) is 8.97. The van der Waals surface area contributed by atoms with Gasteiger partial charge in [-0.05, 0) is 61.8 Å². The lowest BCUT2D eigenvalue weighted by molar-refractivity contribution is 0.0744. The third kappa shape index (κ3) is 4.30. The fraction of sp³-hybridized carbons (Fsp3) is 0.296. The molecular formula is C27H26F2N4O. The van der Waals surface area contributed by atoms with Gasteiger partial charge >= 0.3 is 0 Å². The minimum atomic E-state index is -0.881. The van der Waals surface area contributed by atoms with Crippen molar-refractivity contribution in [3.8, 4) is 11.3 Å². The molecule has 34 heavy (non-hydrogen) atoms. The Hall–Kier alpha value is -3.61. The summed E-state index contributed by atoms with van der Waals surface area (Å²) >= 11 is 0. The Kier molecular flexibility index (Phi) is 5.86. The molecule has 1 saturated carbocycles. The number of halogens is 2. The molecular weight excluding hydrogens is 434 g/mol. The molecule has 2 aromatic heterocycles. The normalized spacial score (nSPS) is 13.4. The number of rotatable bonds is 7. The summed E-state index contributed by atoms with van der Waals surface area (Å²) in [6, 6.07) is 8.34. The number of nitrogens with one attached hydrogen (secondary N) is 1. The van der Waals surface area contributed by atoms with E-state index in [-0.39, 0.29) is 5.91 Å². The number of H-pyrrole nitrogens is 1. The van der Waals surface area contributed by atoms with E-state index < -0.39 is 11.6 Å². The molecule has 4 aromatic rings. The number of hydrogen-bond acceptors (Lipinski definition) is 3. The molecule has 1 aliphatic rings. The van der Waals surface area contributed by atoms with Gasteiger partial charge in [-0.25, -0.2) is 13.8 Å². The van der Waals surface area contributed by atoms with Gasteiger partial charge in [-0.1, -0.05) is 18.2 Å². The Morgan fingerprint density at radius 2 is 1.88 bits per heavy atom. The lowest BCUT2D eigenvalue weighted by atomic mass is 9.99. The number of carbonyl (C=O) groups is 1. The van der Waals surface area contributed by atoms with Gasteiger partial charge in [0.2, 0.25) is 0 Å². The second-order valence-electron chi connectivity index (χ2n) is 9.07. The van der Waals surface area contributed by atoms with Gasteiger partial charge in [-0.2, -0.15) is 0 Å². The first-order chi connectivity index (χ1) is 16.4. The molecule has 5 rings (SSSR count). The summed E-state index contributed by atoms with van der Waals surface area (Å²) in [5.74, 6) is -1.43. The minimum Gasteiger partial charge on any atom is -0.361 e. The fourth-order valence-corrected chi connectivity index (χ4v) is 4.37. The van der Waals surface area contributed by atoms with Crippen molar-refractivity contribution in [3.63, 3.8) is 0 Å². The van der Waals surface area contributed by atoms with E-state index in [1.165, 1.54) is 6.07 Å². The number of hydrogen-bond donors (Lipinski definition) is 1. The van der Waals surface area contributed by atoms with E-state index in [4.69, 9.17) is 0 Å². The smallest absolute Gasteiger partial charge is 0.274 e. The summed E-state index contributed by atoms with van der Waals surface area (Å²) in [4.78, 5) is 27.5. The first kappa shape index (κ1) is 22.2. The van der Waals surface area contributed by atoms with Crippen molar-refractivity contribution in [3.05, 3.63) is 82.9 Å². The molecule has 0 spiro atoms. The Labute approximate surface area is 196 Å². The molecule has 1 fully saturated rings. The Bertz CT molecular complexity index is 1380. The number of aromatic amines is 1. The number of fused-ring (bicyclic) bond motifs is 1. The van der Waals surface area contributed by atoms with Gasteiger partial charge in [0.1, 0.15) is 5.69 Å². The molecule has 174 valence electrons. The van der Waals surface area contributed by atoms with Crippen LogP contribution in [-0.2, 0) is 6.42 Å². The van der Waals surface area contributed by atoms with Crippen molar-refractivity contribution < 1.29 is 13.6 Å². The molecule has 2 aromatic carbocycles. The van der Waals surface area contributed by atoms with Crippen molar-refractivity contribution in [2.45, 2.75) is 33.1 Å². The Balaban J connectivity index is 1.44. The van der Waals surface area contributed by atoms with E-state index in [9.17, 15) is 13.6 Å². The van der Waals surface area contributed by atoms with E-state index in [0.717, 1.165) is 41.2 Å². The highest BCUT2D eigenvalue weighted by molar-refractivity contribution is 5.98. The number of nitrogens with zero attached hydrogens (tertiary/aromatic N) is 3. The van der Waals surface area contributed by atoms with Crippen LogP contribution in [-0.4, -0.2) is 38.8 Å². The Morgan fingerprint density at radius 1 is 1.12 bits per heavy atom. The Morgan fingerprint density at radius 3 is 2.68 bits per heavy atom. The van der Waals surface area contributed by atoms with Crippen LogP contribution >= 0.6 is 0 Å². The van der Waals surface area contributed by atoms with Gasteiger partial charge in [-0.15, -0.1) is 0 Å². The summed E-state index contributed by atoms with van der Waals surface area (Å²) < 4.78 is 27.4. The molecule has 0 radical (unpaired) electrons. The highest BCUT2D eigenvalue weighted by atomic mass is 19.2. The lowest BCUT2D eigenvalue weighted by Crippen LogP contribution is -2.35. The lowest BCUT2D eigenvalue weighted by Gasteiger charge is -2.23. The number of aryl methyl sites for hydroxylation is 1. The first-order valence-corrected chi connectivity index (χ1v) is 11.5. The number of carbonyl (C=O) groups excluding carboxylic acids is 1. The number of aromatic nitrogens is 3. The fourth-order valence-electron chi connectivity index (χ4n) is 4.37. The first-order valence-electron chi connectivity index (χ1n) is 11.5. The zero-order chi connectivity index (χ0) is 23.8. The highest BCUT2D eigenvalue weighted by Gasteiger charge is 2.29. The van der Waals surface area contributed by atoms with Gasteiger partial charge in [0.05, 0.1) is 0 Å². The average molecular weight is 461 g/mol. The van der Waals surface area contributed by atoms with Crippen LogP contribution in [0.2, 0.25) is 0 Å². The van der Waals surface area contributed by atoms with E-state index in [1.54, 1.807) is 18.6 Å². The molecule has 1 aliphatic carbocycles. The van der Waals surface area contributed by atoms with Crippen LogP contribution in [0, 0.1) is 31.4 Å². The van der Waals surface area contributed by atoms with Crippen LogP contribution in [0.3, 0.4) is 0 Å². The third-order valence-corrected chi connectivity index (χ3v) is 6.68. The van der Waals surface area contributed by atoms with E-state index in [0.29, 0.717) is 47.7 Å². The third-order valence-electron chi connectivity index (χ3n) is 6.68. The molecule has 0 aliphatic heterocycles. The summed E-state index contributed by atoms with van der Waals surface area (Å²) in [6.45, 7) is 5.15. The predicted molar refractivity (Wildman–Crippen MR) is 127 cm³/mol. The molecule has 0 bridgehead atoms. The highest BCUT2D eigenvalue weighted by Crippen LogP contribution is 2.32. The van der Waals surface area contributed by atoms with Crippen LogP contribution in [0.4, 0.5) is 8.78 Å². The van der Waals surface area contributed by atoms with Gasteiger partial charge in [0.25, 0.3) is 5.91 Å². The van der Waals surface area contributed by atoms with Gasteiger partial charge in [0.15, 0.2) is 17.3 Å². The van der Waals surface area contributed by atoms with Gasteiger partial charge in [0, 0.05) is 54.2 Å². The van der Waals surface area contributed by atoms with E-state index in [2.05, 4.69) is 15.0 Å².